The zero-order valence-corrected chi connectivity index (χ0v) is 17.7. The Balaban J connectivity index is 1.35. The van der Waals surface area contributed by atoms with E-state index in [2.05, 4.69) is 10.2 Å². The van der Waals surface area contributed by atoms with E-state index < -0.39 is 5.41 Å². The predicted molar refractivity (Wildman–Crippen MR) is 113 cm³/mol. The lowest BCUT2D eigenvalue weighted by molar-refractivity contribution is -0.128. The van der Waals surface area contributed by atoms with Crippen LogP contribution in [0.2, 0.25) is 0 Å². The van der Waals surface area contributed by atoms with Crippen molar-refractivity contribution in [2.45, 2.75) is 56.8 Å². The van der Waals surface area contributed by atoms with Gasteiger partial charge in [-0.25, -0.2) is 0 Å². The van der Waals surface area contributed by atoms with E-state index >= 15 is 0 Å². The number of piperidine rings is 1. The monoisotopic (exact) mass is 415 g/mol. The number of benzene rings is 1. The molecular formula is C23H33N3O4. The molecule has 164 valence electrons. The number of likely N-dealkylation sites (tertiary alicyclic amines) is 1. The van der Waals surface area contributed by atoms with Crippen molar-refractivity contribution in [2.24, 2.45) is 11.7 Å². The Hall–Kier alpha value is -2.28. The second kappa shape index (κ2) is 9.25. The maximum absolute atomic E-state index is 13.4. The number of nitrogens with one attached hydrogen (secondary N) is 1. The Kier molecular flexibility index (Phi) is 6.46. The summed E-state index contributed by atoms with van der Waals surface area (Å²) in [6.45, 7) is 3.50. The molecule has 1 aromatic carbocycles. The Morgan fingerprint density at radius 1 is 1.13 bits per heavy atom. The summed E-state index contributed by atoms with van der Waals surface area (Å²) in [7, 11) is 0. The van der Waals surface area contributed by atoms with Crippen LogP contribution in [0.5, 0.6) is 11.5 Å². The lowest BCUT2D eigenvalue weighted by Crippen LogP contribution is -2.47. The van der Waals surface area contributed by atoms with Crippen LogP contribution in [0.3, 0.4) is 0 Å². The highest BCUT2D eigenvalue weighted by molar-refractivity contribution is 5.88. The fourth-order valence-corrected chi connectivity index (χ4v) is 5.16. The highest BCUT2D eigenvalue weighted by atomic mass is 16.7. The smallest absolute Gasteiger partial charge is 0.231 e. The van der Waals surface area contributed by atoms with Crippen LogP contribution in [-0.2, 0) is 15.0 Å². The molecule has 0 bridgehead atoms. The van der Waals surface area contributed by atoms with Crippen LogP contribution in [0.25, 0.3) is 0 Å². The quantitative estimate of drug-likeness (QED) is 0.667. The minimum Gasteiger partial charge on any atom is -0.454 e. The molecule has 30 heavy (non-hydrogen) atoms. The first-order valence-corrected chi connectivity index (χ1v) is 11.3. The van der Waals surface area contributed by atoms with Crippen molar-refractivity contribution in [3.8, 4) is 11.5 Å². The van der Waals surface area contributed by atoms with Gasteiger partial charge in [0.25, 0.3) is 0 Å². The number of hydrogen-bond acceptors (Lipinski definition) is 5. The van der Waals surface area contributed by atoms with E-state index in [0.717, 1.165) is 81.6 Å². The molecule has 1 unspecified atom stereocenters. The third kappa shape index (κ3) is 4.41. The summed E-state index contributed by atoms with van der Waals surface area (Å²) in [4.78, 5) is 27.1. The molecule has 3 aliphatic rings. The first kappa shape index (κ1) is 21.0. The molecule has 0 spiro atoms. The SMILES string of the molecule is NC(=O)C1CCCN(CCCNC(=O)C2(c3ccc4c(c3)OCO4)CCCCC2)C1. The van der Waals surface area contributed by atoms with Gasteiger partial charge in [-0.05, 0) is 62.9 Å². The summed E-state index contributed by atoms with van der Waals surface area (Å²) in [5, 5.41) is 3.20. The number of fused-ring (bicyclic) bond motifs is 1. The lowest BCUT2D eigenvalue weighted by Gasteiger charge is -2.36. The number of hydrogen-bond donors (Lipinski definition) is 2. The van der Waals surface area contributed by atoms with Crippen LogP contribution in [0.4, 0.5) is 0 Å². The van der Waals surface area contributed by atoms with Crippen molar-refractivity contribution >= 4 is 11.8 Å². The molecule has 0 radical (unpaired) electrons. The summed E-state index contributed by atoms with van der Waals surface area (Å²) < 4.78 is 11.0. The number of amides is 2. The first-order chi connectivity index (χ1) is 14.6. The van der Waals surface area contributed by atoms with Gasteiger partial charge in [0, 0.05) is 13.1 Å². The van der Waals surface area contributed by atoms with Crippen LogP contribution in [0, 0.1) is 5.92 Å². The van der Waals surface area contributed by atoms with E-state index in [-0.39, 0.29) is 24.5 Å². The van der Waals surface area contributed by atoms with Crippen molar-refractivity contribution in [2.75, 3.05) is 33.0 Å². The van der Waals surface area contributed by atoms with Gasteiger partial charge in [0.1, 0.15) is 0 Å². The molecule has 3 N–H and O–H groups in total. The van der Waals surface area contributed by atoms with Crippen LogP contribution < -0.4 is 20.5 Å². The second-order valence-corrected chi connectivity index (χ2v) is 8.86. The fraction of sp³-hybridized carbons (Fsp3) is 0.652. The maximum atomic E-state index is 13.4. The number of nitrogens with two attached hydrogens (primary N) is 1. The van der Waals surface area contributed by atoms with Gasteiger partial charge in [-0.3, -0.25) is 9.59 Å². The highest BCUT2D eigenvalue weighted by Gasteiger charge is 2.41. The summed E-state index contributed by atoms with van der Waals surface area (Å²) >= 11 is 0. The molecule has 2 aliphatic heterocycles. The molecule has 2 amide bonds. The Morgan fingerprint density at radius 2 is 1.93 bits per heavy atom. The van der Waals surface area contributed by atoms with Gasteiger partial charge >= 0.3 is 0 Å². The van der Waals surface area contributed by atoms with E-state index in [1.54, 1.807) is 0 Å². The maximum Gasteiger partial charge on any atom is 0.231 e. The van der Waals surface area contributed by atoms with Gasteiger partial charge in [-0.2, -0.15) is 0 Å². The topological polar surface area (TPSA) is 93.9 Å². The van der Waals surface area contributed by atoms with E-state index in [4.69, 9.17) is 15.2 Å². The molecule has 1 atom stereocenters. The Labute approximate surface area is 178 Å². The van der Waals surface area contributed by atoms with Gasteiger partial charge in [-0.15, -0.1) is 0 Å². The second-order valence-electron chi connectivity index (χ2n) is 8.86. The Bertz CT molecular complexity index is 776. The molecule has 0 aromatic heterocycles. The average Bonchev–Trinajstić information content (AvgIpc) is 3.25. The molecule has 2 fully saturated rings. The minimum atomic E-state index is -0.485. The van der Waals surface area contributed by atoms with E-state index in [0.29, 0.717) is 6.54 Å². The normalized spacial score (nSPS) is 23.1. The average molecular weight is 416 g/mol. The number of carbonyl (C=O) groups excluding carboxylic acids is 2. The van der Waals surface area contributed by atoms with Crippen molar-refractivity contribution in [1.29, 1.82) is 0 Å². The van der Waals surface area contributed by atoms with E-state index in [9.17, 15) is 9.59 Å². The number of primary amides is 1. The third-order valence-corrected chi connectivity index (χ3v) is 6.91. The van der Waals surface area contributed by atoms with Gasteiger partial charge in [0.2, 0.25) is 18.6 Å². The molecule has 1 aromatic rings. The molecule has 1 aliphatic carbocycles. The summed E-state index contributed by atoms with van der Waals surface area (Å²) in [5.41, 5.74) is 6.02. The van der Waals surface area contributed by atoms with Crippen LogP contribution in [0.1, 0.15) is 56.9 Å². The van der Waals surface area contributed by atoms with Crippen molar-refractivity contribution in [1.82, 2.24) is 10.2 Å². The van der Waals surface area contributed by atoms with E-state index in [1.165, 1.54) is 6.42 Å². The molecule has 1 saturated heterocycles. The molecule has 7 heteroatoms. The number of rotatable bonds is 7. The zero-order valence-electron chi connectivity index (χ0n) is 17.7. The van der Waals surface area contributed by atoms with Gasteiger partial charge in [0.05, 0.1) is 11.3 Å². The van der Waals surface area contributed by atoms with Crippen molar-refractivity contribution in [3.05, 3.63) is 23.8 Å². The molecular weight excluding hydrogens is 382 g/mol. The summed E-state index contributed by atoms with van der Waals surface area (Å²) in [5.74, 6) is 1.37. The molecule has 1 saturated carbocycles. The molecule has 4 rings (SSSR count). The minimum absolute atomic E-state index is 0.0372. The van der Waals surface area contributed by atoms with Gasteiger partial charge in [0.15, 0.2) is 11.5 Å². The predicted octanol–water partition coefficient (Wildman–Crippen LogP) is 2.32. The lowest BCUT2D eigenvalue weighted by atomic mass is 9.68. The van der Waals surface area contributed by atoms with Crippen LogP contribution in [0.15, 0.2) is 18.2 Å². The number of nitrogens with zero attached hydrogens (tertiary/aromatic N) is 1. The standard InChI is InChI=1S/C23H33N3O4/c24-21(27)17-6-4-12-26(15-17)13-5-11-25-22(28)23(9-2-1-3-10-23)18-7-8-19-20(14-18)30-16-29-19/h7-8,14,17H,1-6,9-13,15-16H2,(H2,24,27)(H,25,28). The first-order valence-electron chi connectivity index (χ1n) is 11.3. The summed E-state index contributed by atoms with van der Waals surface area (Å²) in [6, 6.07) is 5.94. The van der Waals surface area contributed by atoms with E-state index in [1.807, 2.05) is 18.2 Å². The number of ether oxygens (including phenoxy) is 2. The molecule has 7 nitrogen and oxygen atoms in total. The largest absolute Gasteiger partial charge is 0.454 e. The summed E-state index contributed by atoms with van der Waals surface area (Å²) in [6.07, 6.45) is 7.79. The van der Waals surface area contributed by atoms with Crippen LogP contribution >= 0.6 is 0 Å². The van der Waals surface area contributed by atoms with Crippen molar-refractivity contribution in [3.63, 3.8) is 0 Å². The van der Waals surface area contributed by atoms with Crippen LogP contribution in [-0.4, -0.2) is 49.7 Å². The van der Waals surface area contributed by atoms with Crippen molar-refractivity contribution < 1.29 is 19.1 Å². The van der Waals surface area contributed by atoms with Gasteiger partial charge < -0.3 is 25.4 Å². The highest BCUT2D eigenvalue weighted by Crippen LogP contribution is 2.43. The number of carbonyl (C=O) groups is 2. The van der Waals surface area contributed by atoms with Gasteiger partial charge in [-0.1, -0.05) is 25.3 Å². The Morgan fingerprint density at radius 3 is 2.73 bits per heavy atom. The molecule has 2 heterocycles. The third-order valence-electron chi connectivity index (χ3n) is 6.91. The zero-order chi connectivity index (χ0) is 21.0. The fourth-order valence-electron chi connectivity index (χ4n) is 5.16.